The molecule has 11 heavy (non-hydrogen) atoms. The summed E-state index contributed by atoms with van der Waals surface area (Å²) in [6.07, 6.45) is 0.851. The van der Waals surface area contributed by atoms with Crippen LogP contribution in [0.25, 0.3) is 0 Å². The van der Waals surface area contributed by atoms with E-state index in [1.54, 1.807) is 6.07 Å². The molecule has 3 heteroatoms. The van der Waals surface area contributed by atoms with Crippen LogP contribution < -0.4 is 5.73 Å². The van der Waals surface area contributed by atoms with E-state index in [4.69, 9.17) is 28.9 Å². The van der Waals surface area contributed by atoms with Crippen LogP contribution in [0.5, 0.6) is 0 Å². The average Bonchev–Trinajstić information content (AvgIpc) is 1.96. The minimum absolute atomic E-state index is 0.552. The van der Waals surface area contributed by atoms with Crippen LogP contribution in [0.2, 0.25) is 10.0 Å². The Morgan fingerprint density at radius 1 is 1.36 bits per heavy atom. The molecule has 0 spiro atoms. The number of benzene rings is 1. The van der Waals surface area contributed by atoms with E-state index in [9.17, 15) is 0 Å². The van der Waals surface area contributed by atoms with E-state index in [0.717, 1.165) is 12.0 Å². The van der Waals surface area contributed by atoms with Gasteiger partial charge in [0.05, 0.1) is 10.7 Å². The summed E-state index contributed by atoms with van der Waals surface area (Å²) < 4.78 is 0. The molecule has 0 amide bonds. The maximum atomic E-state index is 5.88. The largest absolute Gasteiger partial charge is 0.397 e. The third-order valence-corrected chi connectivity index (χ3v) is 2.20. The second-order valence-electron chi connectivity index (χ2n) is 2.32. The monoisotopic (exact) mass is 189 g/mol. The van der Waals surface area contributed by atoms with Gasteiger partial charge in [0.2, 0.25) is 0 Å². The Labute approximate surface area is 76.1 Å². The van der Waals surface area contributed by atoms with Crippen molar-refractivity contribution in [3.8, 4) is 0 Å². The van der Waals surface area contributed by atoms with Crippen LogP contribution in [0.3, 0.4) is 0 Å². The zero-order chi connectivity index (χ0) is 8.43. The lowest BCUT2D eigenvalue weighted by molar-refractivity contribution is 1.14. The molecule has 0 bridgehead atoms. The van der Waals surface area contributed by atoms with Crippen LogP contribution in [0, 0.1) is 0 Å². The topological polar surface area (TPSA) is 26.0 Å². The normalized spacial score (nSPS) is 10.1. The highest BCUT2D eigenvalue weighted by atomic mass is 35.5. The fourth-order valence-corrected chi connectivity index (χ4v) is 1.42. The van der Waals surface area contributed by atoms with Crippen LogP contribution in [0.1, 0.15) is 12.5 Å². The van der Waals surface area contributed by atoms with Gasteiger partial charge < -0.3 is 5.73 Å². The minimum atomic E-state index is 0.552. The highest BCUT2D eigenvalue weighted by Crippen LogP contribution is 2.27. The van der Waals surface area contributed by atoms with Crippen molar-refractivity contribution in [2.75, 3.05) is 5.73 Å². The summed E-state index contributed by atoms with van der Waals surface area (Å²) in [4.78, 5) is 0. The van der Waals surface area contributed by atoms with Gasteiger partial charge in [0.1, 0.15) is 0 Å². The molecule has 60 valence electrons. The third kappa shape index (κ3) is 1.79. The van der Waals surface area contributed by atoms with Gasteiger partial charge >= 0.3 is 0 Å². The smallest absolute Gasteiger partial charge is 0.0668 e. The Morgan fingerprint density at radius 2 is 2.00 bits per heavy atom. The molecule has 1 aromatic carbocycles. The van der Waals surface area contributed by atoms with Gasteiger partial charge in [0.25, 0.3) is 0 Å². The quantitative estimate of drug-likeness (QED) is 0.676. The van der Waals surface area contributed by atoms with Crippen molar-refractivity contribution in [3.05, 3.63) is 27.7 Å². The van der Waals surface area contributed by atoms with E-state index in [1.807, 2.05) is 13.0 Å². The maximum absolute atomic E-state index is 5.88. The number of halogens is 2. The molecule has 0 radical (unpaired) electrons. The first-order valence-electron chi connectivity index (χ1n) is 3.38. The van der Waals surface area contributed by atoms with Crippen LogP contribution >= 0.6 is 23.2 Å². The second-order valence-corrected chi connectivity index (χ2v) is 3.14. The summed E-state index contributed by atoms with van der Waals surface area (Å²) in [5, 5.41) is 1.26. The molecule has 0 aliphatic heterocycles. The minimum Gasteiger partial charge on any atom is -0.397 e. The molecular formula is C8H9Cl2N. The molecule has 0 aliphatic carbocycles. The molecule has 2 N–H and O–H groups in total. The summed E-state index contributed by atoms with van der Waals surface area (Å²) >= 11 is 11.6. The molecule has 0 atom stereocenters. The first-order chi connectivity index (χ1) is 5.15. The van der Waals surface area contributed by atoms with Gasteiger partial charge in [0.15, 0.2) is 0 Å². The maximum Gasteiger partial charge on any atom is 0.0668 e. The number of rotatable bonds is 1. The highest BCUT2D eigenvalue weighted by molar-refractivity contribution is 6.35. The summed E-state index contributed by atoms with van der Waals surface area (Å²) in [6.45, 7) is 2.01. The summed E-state index contributed by atoms with van der Waals surface area (Å²) in [5.41, 5.74) is 7.13. The van der Waals surface area contributed by atoms with Gasteiger partial charge in [-0.25, -0.2) is 0 Å². The predicted octanol–water partition coefficient (Wildman–Crippen LogP) is 3.14. The number of nitrogen functional groups attached to an aromatic ring is 1. The van der Waals surface area contributed by atoms with Gasteiger partial charge in [-0.1, -0.05) is 30.1 Å². The van der Waals surface area contributed by atoms with Crippen LogP contribution in [-0.4, -0.2) is 0 Å². The molecule has 1 rings (SSSR count). The van der Waals surface area contributed by atoms with Crippen molar-refractivity contribution in [2.24, 2.45) is 0 Å². The number of nitrogens with two attached hydrogens (primary N) is 1. The fraction of sp³-hybridized carbons (Fsp3) is 0.250. The molecule has 0 heterocycles. The third-order valence-electron chi connectivity index (χ3n) is 1.52. The summed E-state index contributed by atoms with van der Waals surface area (Å²) in [5.74, 6) is 0. The number of hydrogen-bond donors (Lipinski definition) is 1. The molecule has 1 nitrogen and oxygen atoms in total. The van der Waals surface area contributed by atoms with E-state index in [0.29, 0.717) is 15.7 Å². The van der Waals surface area contributed by atoms with Gasteiger partial charge in [-0.15, -0.1) is 0 Å². The lowest BCUT2D eigenvalue weighted by Gasteiger charge is -2.04. The highest BCUT2D eigenvalue weighted by Gasteiger charge is 2.03. The van der Waals surface area contributed by atoms with E-state index >= 15 is 0 Å². The number of aryl methyl sites for hydroxylation is 1. The Balaban J connectivity index is 3.24. The lowest BCUT2D eigenvalue weighted by Crippen LogP contribution is -1.90. The molecule has 0 saturated heterocycles. The van der Waals surface area contributed by atoms with Gasteiger partial charge in [-0.2, -0.15) is 0 Å². The SMILES string of the molecule is CCc1cc(Cl)cc(N)c1Cl. The average molecular weight is 190 g/mol. The standard InChI is InChI=1S/C8H9Cl2N/c1-2-5-3-6(9)4-7(11)8(5)10/h3-4H,2,11H2,1H3. The zero-order valence-electron chi connectivity index (χ0n) is 6.20. The lowest BCUT2D eigenvalue weighted by atomic mass is 10.1. The van der Waals surface area contributed by atoms with Crippen molar-refractivity contribution in [3.63, 3.8) is 0 Å². The van der Waals surface area contributed by atoms with E-state index in [-0.39, 0.29) is 0 Å². The van der Waals surface area contributed by atoms with Crippen molar-refractivity contribution in [2.45, 2.75) is 13.3 Å². The first kappa shape index (κ1) is 8.69. The van der Waals surface area contributed by atoms with Crippen molar-refractivity contribution < 1.29 is 0 Å². The second kappa shape index (κ2) is 3.33. The molecule has 0 aliphatic rings. The zero-order valence-corrected chi connectivity index (χ0v) is 7.71. The van der Waals surface area contributed by atoms with Crippen molar-refractivity contribution in [1.82, 2.24) is 0 Å². The Kier molecular flexibility index (Phi) is 2.63. The van der Waals surface area contributed by atoms with Crippen LogP contribution in [0.15, 0.2) is 12.1 Å². The number of anilines is 1. The molecule has 0 saturated carbocycles. The van der Waals surface area contributed by atoms with Crippen molar-refractivity contribution in [1.29, 1.82) is 0 Å². The summed E-state index contributed by atoms with van der Waals surface area (Å²) in [7, 11) is 0. The Morgan fingerprint density at radius 3 is 2.55 bits per heavy atom. The number of hydrogen-bond acceptors (Lipinski definition) is 1. The van der Waals surface area contributed by atoms with Gasteiger partial charge in [-0.05, 0) is 24.1 Å². The molecule has 1 aromatic rings. The van der Waals surface area contributed by atoms with E-state index in [2.05, 4.69) is 0 Å². The van der Waals surface area contributed by atoms with Gasteiger partial charge in [-0.3, -0.25) is 0 Å². The van der Waals surface area contributed by atoms with Crippen LogP contribution in [-0.2, 0) is 6.42 Å². The van der Waals surface area contributed by atoms with Gasteiger partial charge in [0, 0.05) is 5.02 Å². The van der Waals surface area contributed by atoms with E-state index in [1.165, 1.54) is 0 Å². The predicted molar refractivity (Wildman–Crippen MR) is 50.3 cm³/mol. The summed E-state index contributed by atoms with van der Waals surface area (Å²) in [6, 6.07) is 3.49. The van der Waals surface area contributed by atoms with Crippen LogP contribution in [0.4, 0.5) is 5.69 Å². The Bertz CT molecular complexity index is 271. The molecular weight excluding hydrogens is 181 g/mol. The Hall–Kier alpha value is -0.400. The van der Waals surface area contributed by atoms with Crippen molar-refractivity contribution >= 4 is 28.9 Å². The molecule has 0 unspecified atom stereocenters. The molecule has 0 fully saturated rings. The first-order valence-corrected chi connectivity index (χ1v) is 4.14. The van der Waals surface area contributed by atoms with E-state index < -0.39 is 0 Å². The fourth-order valence-electron chi connectivity index (χ4n) is 0.926. The molecule has 0 aromatic heterocycles.